The lowest BCUT2D eigenvalue weighted by atomic mass is 10.1. The highest BCUT2D eigenvalue weighted by Crippen LogP contribution is 2.22. The first-order valence-electron chi connectivity index (χ1n) is 8.50. The van der Waals surface area contributed by atoms with E-state index in [0.717, 1.165) is 6.07 Å². The van der Waals surface area contributed by atoms with E-state index < -0.39 is 16.6 Å². The molecule has 142 valence electrons. The van der Waals surface area contributed by atoms with Crippen LogP contribution in [0.25, 0.3) is 5.69 Å². The van der Waals surface area contributed by atoms with Crippen molar-refractivity contribution in [2.75, 3.05) is 24.2 Å². The summed E-state index contributed by atoms with van der Waals surface area (Å²) in [5, 5.41) is 15.7. The summed E-state index contributed by atoms with van der Waals surface area (Å²) in [6.07, 6.45) is 2.18. The molecule has 0 aliphatic carbocycles. The summed E-state index contributed by atoms with van der Waals surface area (Å²) in [6, 6.07) is 7.20. The minimum Gasteiger partial charge on any atom is -0.324 e. The lowest BCUT2D eigenvalue weighted by molar-refractivity contribution is 0.214. The first-order chi connectivity index (χ1) is 12.8. The molecule has 1 N–H and O–H groups in total. The standard InChI is InChI=1S/C18H20FN5O2S/c1-18(2)6-8-23(9-10-27(18)26)17(25)21-16-5-7-24(22-16)15-4-3-13(12-20)11-14(15)19/h3-5,7,11H,6,8-10H2,1-2H3,(H,21,22,25). The van der Waals surface area contributed by atoms with Gasteiger partial charge in [0.2, 0.25) is 0 Å². The number of halogens is 1. The molecule has 1 fully saturated rings. The van der Waals surface area contributed by atoms with Gasteiger partial charge in [0.05, 0.1) is 11.6 Å². The molecule has 1 unspecified atom stereocenters. The third-order valence-corrected chi connectivity index (χ3v) is 6.57. The van der Waals surface area contributed by atoms with E-state index >= 15 is 0 Å². The van der Waals surface area contributed by atoms with Gasteiger partial charge in [0.1, 0.15) is 11.5 Å². The van der Waals surface area contributed by atoms with Crippen LogP contribution in [0.4, 0.5) is 15.0 Å². The molecule has 1 aliphatic rings. The number of hydrogen-bond acceptors (Lipinski definition) is 4. The molecule has 1 saturated heterocycles. The number of amides is 2. The Morgan fingerprint density at radius 1 is 1.37 bits per heavy atom. The number of carbonyl (C=O) groups excluding carboxylic acids is 1. The van der Waals surface area contributed by atoms with Gasteiger partial charge in [-0.25, -0.2) is 13.9 Å². The summed E-state index contributed by atoms with van der Waals surface area (Å²) in [5.74, 6) is 0.145. The van der Waals surface area contributed by atoms with Crippen molar-refractivity contribution in [1.29, 1.82) is 5.26 Å². The molecule has 0 bridgehead atoms. The molecule has 3 rings (SSSR count). The van der Waals surface area contributed by atoms with Crippen molar-refractivity contribution in [3.05, 3.63) is 41.8 Å². The van der Waals surface area contributed by atoms with Gasteiger partial charge in [-0.2, -0.15) is 5.26 Å². The van der Waals surface area contributed by atoms with Gasteiger partial charge >= 0.3 is 6.03 Å². The zero-order valence-corrected chi connectivity index (χ0v) is 15.9. The van der Waals surface area contributed by atoms with Crippen LogP contribution in [0.3, 0.4) is 0 Å². The maximum Gasteiger partial charge on any atom is 0.323 e. The van der Waals surface area contributed by atoms with E-state index in [1.54, 1.807) is 11.0 Å². The van der Waals surface area contributed by atoms with Gasteiger partial charge in [-0.05, 0) is 38.5 Å². The number of nitriles is 1. The first-order valence-corrected chi connectivity index (χ1v) is 9.82. The molecular formula is C18H20FN5O2S. The number of hydrogen-bond donors (Lipinski definition) is 1. The van der Waals surface area contributed by atoms with E-state index in [-0.39, 0.29) is 27.8 Å². The average molecular weight is 389 g/mol. The Morgan fingerprint density at radius 3 is 2.85 bits per heavy atom. The number of rotatable bonds is 2. The SMILES string of the molecule is CC1(C)CCN(C(=O)Nc2ccn(-c3ccc(C#N)cc3F)n2)CCS1=O. The van der Waals surface area contributed by atoms with Crippen molar-refractivity contribution in [3.63, 3.8) is 0 Å². The number of aromatic nitrogens is 2. The molecule has 0 radical (unpaired) electrons. The monoisotopic (exact) mass is 389 g/mol. The molecule has 2 aromatic rings. The van der Waals surface area contributed by atoms with Gasteiger partial charge in [-0.15, -0.1) is 5.10 Å². The average Bonchev–Trinajstić information content (AvgIpc) is 3.03. The highest BCUT2D eigenvalue weighted by Gasteiger charge is 2.31. The van der Waals surface area contributed by atoms with E-state index in [1.165, 1.54) is 23.0 Å². The largest absolute Gasteiger partial charge is 0.324 e. The van der Waals surface area contributed by atoms with E-state index in [2.05, 4.69) is 10.4 Å². The fourth-order valence-electron chi connectivity index (χ4n) is 2.78. The number of urea groups is 1. The summed E-state index contributed by atoms with van der Waals surface area (Å²) in [4.78, 5) is 14.1. The van der Waals surface area contributed by atoms with Gasteiger partial charge in [-0.3, -0.25) is 9.53 Å². The van der Waals surface area contributed by atoms with Crippen molar-refractivity contribution in [2.24, 2.45) is 0 Å². The van der Waals surface area contributed by atoms with Gasteiger partial charge < -0.3 is 4.90 Å². The van der Waals surface area contributed by atoms with Crippen LogP contribution in [0.15, 0.2) is 30.5 Å². The van der Waals surface area contributed by atoms with E-state index in [9.17, 15) is 13.4 Å². The highest BCUT2D eigenvalue weighted by molar-refractivity contribution is 7.86. The normalized spacial score (nSPS) is 19.2. The van der Waals surface area contributed by atoms with Crippen LogP contribution in [0.5, 0.6) is 0 Å². The predicted molar refractivity (Wildman–Crippen MR) is 101 cm³/mol. The number of nitrogens with zero attached hydrogens (tertiary/aromatic N) is 4. The summed E-state index contributed by atoms with van der Waals surface area (Å²) < 4.78 is 27.3. The zero-order valence-electron chi connectivity index (χ0n) is 15.1. The van der Waals surface area contributed by atoms with Crippen LogP contribution in [0.1, 0.15) is 25.8 Å². The summed E-state index contributed by atoms with van der Waals surface area (Å²) in [7, 11) is -0.984. The Hall–Kier alpha value is -2.73. The maximum absolute atomic E-state index is 14.1. The predicted octanol–water partition coefficient (Wildman–Crippen LogP) is 2.65. The third-order valence-electron chi connectivity index (χ3n) is 4.58. The minimum atomic E-state index is -0.984. The molecule has 7 nitrogen and oxygen atoms in total. The van der Waals surface area contributed by atoms with Crippen LogP contribution < -0.4 is 5.32 Å². The fourth-order valence-corrected chi connectivity index (χ4v) is 4.04. The lowest BCUT2D eigenvalue weighted by Gasteiger charge is -2.22. The molecular weight excluding hydrogens is 369 g/mol. The zero-order chi connectivity index (χ0) is 19.6. The Balaban J connectivity index is 1.70. The molecule has 0 spiro atoms. The topological polar surface area (TPSA) is 91.0 Å². The lowest BCUT2D eigenvalue weighted by Crippen LogP contribution is -2.37. The van der Waals surface area contributed by atoms with Crippen molar-refractivity contribution in [1.82, 2.24) is 14.7 Å². The molecule has 0 saturated carbocycles. The van der Waals surface area contributed by atoms with E-state index in [1.807, 2.05) is 19.9 Å². The van der Waals surface area contributed by atoms with Gasteiger partial charge in [0.15, 0.2) is 5.82 Å². The fraction of sp³-hybridized carbons (Fsp3) is 0.389. The Bertz CT molecular complexity index is 934. The van der Waals surface area contributed by atoms with Crippen molar-refractivity contribution in [2.45, 2.75) is 25.0 Å². The van der Waals surface area contributed by atoms with Crippen LogP contribution in [0.2, 0.25) is 0 Å². The highest BCUT2D eigenvalue weighted by atomic mass is 32.2. The molecule has 1 aromatic carbocycles. The second-order valence-corrected chi connectivity index (χ2v) is 9.10. The molecule has 1 aliphatic heterocycles. The van der Waals surface area contributed by atoms with E-state index in [4.69, 9.17) is 5.26 Å². The van der Waals surface area contributed by atoms with E-state index in [0.29, 0.717) is 25.3 Å². The van der Waals surface area contributed by atoms with Crippen LogP contribution in [-0.4, -0.2) is 48.5 Å². The number of carbonyl (C=O) groups is 1. The second kappa shape index (κ2) is 7.48. The molecule has 2 heterocycles. The Labute approximate surface area is 159 Å². The van der Waals surface area contributed by atoms with Crippen molar-refractivity contribution in [3.8, 4) is 11.8 Å². The maximum atomic E-state index is 14.1. The number of benzene rings is 1. The summed E-state index contributed by atoms with van der Waals surface area (Å²) in [5.41, 5.74) is 0.403. The molecule has 9 heteroatoms. The van der Waals surface area contributed by atoms with Crippen LogP contribution in [-0.2, 0) is 10.8 Å². The van der Waals surface area contributed by atoms with Crippen molar-refractivity contribution < 1.29 is 13.4 Å². The molecule has 2 amide bonds. The Morgan fingerprint density at radius 2 is 2.15 bits per heavy atom. The molecule has 1 atom stereocenters. The molecule has 1 aromatic heterocycles. The summed E-state index contributed by atoms with van der Waals surface area (Å²) in [6.45, 7) is 4.80. The second-order valence-electron chi connectivity index (χ2n) is 6.90. The molecule has 27 heavy (non-hydrogen) atoms. The smallest absolute Gasteiger partial charge is 0.323 e. The van der Waals surface area contributed by atoms with Crippen molar-refractivity contribution >= 4 is 22.6 Å². The van der Waals surface area contributed by atoms with Crippen LogP contribution in [0, 0.1) is 17.1 Å². The first kappa shape index (κ1) is 19.0. The number of nitrogens with one attached hydrogen (secondary N) is 1. The van der Waals surface area contributed by atoms with Gasteiger partial charge in [0, 0.05) is 46.7 Å². The quantitative estimate of drug-likeness (QED) is 0.855. The minimum absolute atomic E-state index is 0.182. The van der Waals surface area contributed by atoms with Gasteiger partial charge in [0.25, 0.3) is 0 Å². The van der Waals surface area contributed by atoms with Gasteiger partial charge in [-0.1, -0.05) is 0 Å². The number of anilines is 1. The Kier molecular flexibility index (Phi) is 5.28. The third kappa shape index (κ3) is 4.17. The summed E-state index contributed by atoms with van der Waals surface area (Å²) >= 11 is 0. The van der Waals surface area contributed by atoms with Crippen LogP contribution >= 0.6 is 0 Å².